The van der Waals surface area contributed by atoms with Gasteiger partial charge in [-0.25, -0.2) is 4.79 Å². The summed E-state index contributed by atoms with van der Waals surface area (Å²) in [5.74, 6) is -0.181. The van der Waals surface area contributed by atoms with E-state index in [2.05, 4.69) is 0 Å². The molecule has 0 radical (unpaired) electrons. The monoisotopic (exact) mass is 434 g/mol. The number of aromatic nitrogens is 2. The average molecular weight is 434 g/mol. The van der Waals surface area contributed by atoms with Crippen LogP contribution in [-0.4, -0.2) is 52.5 Å². The topological polar surface area (TPSA) is 160 Å². The van der Waals surface area contributed by atoms with Crippen LogP contribution in [0.25, 0.3) is 0 Å². The minimum atomic E-state index is -4.47. The van der Waals surface area contributed by atoms with Crippen LogP contribution in [0.4, 0.5) is 0 Å². The third-order valence-corrected chi connectivity index (χ3v) is 6.61. The predicted octanol–water partition coefficient (Wildman–Crippen LogP) is -0.530. The van der Waals surface area contributed by atoms with Crippen molar-refractivity contribution in [3.8, 4) is 0 Å². The van der Waals surface area contributed by atoms with Crippen molar-refractivity contribution in [1.29, 1.82) is 0 Å². The van der Waals surface area contributed by atoms with Crippen LogP contribution >= 0.6 is 7.60 Å². The molecule has 1 aromatic rings. The standard InChI is InChI=1S/C17H27N2O9P/c1-16(2,28-29(25,26)17(3,4)24)7-10-11(20)12(21)13(27-10)9-8-18(5)15(23)19(6)14(9)22/h7-8,11-13,20-21,24H,1-6H3,(H,25,26)/b10-7+/t11-,12-,13+/m1/s1. The molecule has 0 saturated carbocycles. The summed E-state index contributed by atoms with van der Waals surface area (Å²) in [6.07, 6.45) is -1.95. The summed E-state index contributed by atoms with van der Waals surface area (Å²) >= 11 is 0. The molecule has 0 bridgehead atoms. The van der Waals surface area contributed by atoms with Crippen LogP contribution in [0.2, 0.25) is 0 Å². The van der Waals surface area contributed by atoms with E-state index >= 15 is 0 Å². The zero-order valence-electron chi connectivity index (χ0n) is 17.1. The maximum Gasteiger partial charge on any atom is 0.359 e. The molecule has 0 amide bonds. The maximum atomic E-state index is 12.4. The van der Waals surface area contributed by atoms with E-state index in [1.165, 1.54) is 40.2 Å². The SMILES string of the molecule is Cn1cc([C@@H]2O/C(=C/C(C)(C)OP(=O)(O)C(C)(C)O)[C@@H](O)[C@H]2O)c(=O)n(C)c1=O. The zero-order valence-corrected chi connectivity index (χ0v) is 18.0. The number of aryl methyl sites for hydroxylation is 1. The van der Waals surface area contributed by atoms with Gasteiger partial charge < -0.3 is 29.5 Å². The summed E-state index contributed by atoms with van der Waals surface area (Å²) in [6, 6.07) is 0. The van der Waals surface area contributed by atoms with Crippen LogP contribution in [0.15, 0.2) is 27.6 Å². The average Bonchev–Trinajstić information content (AvgIpc) is 2.82. The van der Waals surface area contributed by atoms with Crippen LogP contribution < -0.4 is 11.2 Å². The van der Waals surface area contributed by atoms with Crippen molar-refractivity contribution in [2.45, 2.75) is 57.0 Å². The lowest BCUT2D eigenvalue weighted by molar-refractivity contribution is 0.0219. The maximum absolute atomic E-state index is 12.4. The number of aliphatic hydroxyl groups is 3. The van der Waals surface area contributed by atoms with Crippen molar-refractivity contribution in [2.24, 2.45) is 14.1 Å². The lowest BCUT2D eigenvalue weighted by Crippen LogP contribution is -2.40. The Morgan fingerprint density at radius 1 is 1.21 bits per heavy atom. The molecule has 2 rings (SSSR count). The largest absolute Gasteiger partial charge is 0.484 e. The fourth-order valence-electron chi connectivity index (χ4n) is 2.82. The van der Waals surface area contributed by atoms with E-state index in [4.69, 9.17) is 9.26 Å². The third-order valence-electron chi connectivity index (χ3n) is 4.51. The molecule has 0 spiro atoms. The number of ether oxygens (including phenoxy) is 1. The molecule has 11 nitrogen and oxygen atoms in total. The second-order valence-corrected chi connectivity index (χ2v) is 10.4. The Labute approximate surface area is 167 Å². The molecular weight excluding hydrogens is 407 g/mol. The van der Waals surface area contributed by atoms with E-state index in [0.29, 0.717) is 0 Å². The Hall–Kier alpha value is -1.75. The Kier molecular flexibility index (Phi) is 6.08. The van der Waals surface area contributed by atoms with Gasteiger partial charge in [0.1, 0.15) is 18.0 Å². The first-order valence-corrected chi connectivity index (χ1v) is 10.3. The number of hydrogen-bond acceptors (Lipinski definition) is 8. The van der Waals surface area contributed by atoms with Crippen LogP contribution in [0, 0.1) is 0 Å². The summed E-state index contributed by atoms with van der Waals surface area (Å²) in [6.45, 7) is 5.03. The Morgan fingerprint density at radius 3 is 2.28 bits per heavy atom. The van der Waals surface area contributed by atoms with E-state index in [1.54, 1.807) is 0 Å². The third kappa shape index (κ3) is 4.55. The second-order valence-electron chi connectivity index (χ2n) is 8.07. The first kappa shape index (κ1) is 23.5. The van der Waals surface area contributed by atoms with Crippen molar-refractivity contribution in [3.63, 3.8) is 0 Å². The Balaban J connectivity index is 2.41. The summed E-state index contributed by atoms with van der Waals surface area (Å²) in [4.78, 5) is 34.2. The lowest BCUT2D eigenvalue weighted by atomic mass is 10.0. The molecule has 1 aromatic heterocycles. The van der Waals surface area contributed by atoms with Crippen molar-refractivity contribution in [1.82, 2.24) is 9.13 Å². The van der Waals surface area contributed by atoms with E-state index < -0.39 is 48.1 Å². The minimum Gasteiger partial charge on any atom is -0.484 e. The molecule has 0 aliphatic carbocycles. The molecule has 12 heteroatoms. The highest BCUT2D eigenvalue weighted by Gasteiger charge is 2.46. The molecule has 1 fully saturated rings. The molecule has 1 aliphatic rings. The molecule has 1 saturated heterocycles. The minimum absolute atomic E-state index is 0.0485. The van der Waals surface area contributed by atoms with E-state index in [1.807, 2.05) is 0 Å². The van der Waals surface area contributed by atoms with Gasteiger partial charge in [0, 0.05) is 20.3 Å². The Bertz CT molecular complexity index is 986. The van der Waals surface area contributed by atoms with Crippen LogP contribution in [0.3, 0.4) is 0 Å². The van der Waals surface area contributed by atoms with Gasteiger partial charge >= 0.3 is 13.3 Å². The van der Waals surface area contributed by atoms with Gasteiger partial charge in [0.25, 0.3) is 5.56 Å². The molecule has 0 aromatic carbocycles. The molecule has 2 heterocycles. The number of hydrogen-bond donors (Lipinski definition) is 4. The second kappa shape index (κ2) is 7.50. The smallest absolute Gasteiger partial charge is 0.359 e. The van der Waals surface area contributed by atoms with Gasteiger partial charge in [0.2, 0.25) is 0 Å². The van der Waals surface area contributed by atoms with Crippen LogP contribution in [0.5, 0.6) is 0 Å². The highest BCUT2D eigenvalue weighted by atomic mass is 31.2. The summed E-state index contributed by atoms with van der Waals surface area (Å²) in [7, 11) is -1.77. The fraction of sp³-hybridized carbons (Fsp3) is 0.647. The first-order valence-electron chi connectivity index (χ1n) is 8.76. The van der Waals surface area contributed by atoms with E-state index in [9.17, 15) is 34.4 Å². The van der Waals surface area contributed by atoms with Gasteiger partial charge in [-0.3, -0.25) is 18.5 Å². The van der Waals surface area contributed by atoms with Crippen molar-refractivity contribution < 1.29 is 34.0 Å². The van der Waals surface area contributed by atoms with Crippen molar-refractivity contribution in [3.05, 3.63) is 44.4 Å². The quantitative estimate of drug-likeness (QED) is 0.447. The Morgan fingerprint density at radius 2 is 1.76 bits per heavy atom. The van der Waals surface area contributed by atoms with Gasteiger partial charge in [-0.05, 0) is 33.8 Å². The zero-order chi connectivity index (χ0) is 22.5. The molecule has 1 aliphatic heterocycles. The molecule has 1 unspecified atom stereocenters. The van der Waals surface area contributed by atoms with Crippen LogP contribution in [-0.2, 0) is 27.9 Å². The van der Waals surface area contributed by atoms with Gasteiger partial charge in [0.05, 0.1) is 11.2 Å². The number of rotatable bonds is 5. The van der Waals surface area contributed by atoms with E-state index in [0.717, 1.165) is 23.0 Å². The van der Waals surface area contributed by atoms with Gasteiger partial charge in [-0.15, -0.1) is 0 Å². The normalized spacial score (nSPS) is 26.4. The predicted molar refractivity (Wildman–Crippen MR) is 102 cm³/mol. The molecule has 164 valence electrons. The van der Waals surface area contributed by atoms with Gasteiger partial charge in [0.15, 0.2) is 11.4 Å². The fourth-order valence-corrected chi connectivity index (χ4v) is 3.73. The highest BCUT2D eigenvalue weighted by Crippen LogP contribution is 2.56. The molecule has 29 heavy (non-hydrogen) atoms. The first-order chi connectivity index (χ1) is 13.0. The van der Waals surface area contributed by atoms with Gasteiger partial charge in [-0.1, -0.05) is 0 Å². The van der Waals surface area contributed by atoms with E-state index in [-0.39, 0.29) is 11.3 Å². The van der Waals surface area contributed by atoms with Crippen LogP contribution in [0.1, 0.15) is 39.4 Å². The summed E-state index contributed by atoms with van der Waals surface area (Å²) < 4.78 is 24.9. The van der Waals surface area contributed by atoms with Crippen molar-refractivity contribution >= 4 is 7.60 Å². The molecule has 4 atom stereocenters. The number of nitrogens with zero attached hydrogens (tertiary/aromatic N) is 2. The molecular formula is C17H27N2O9P. The van der Waals surface area contributed by atoms with Crippen molar-refractivity contribution in [2.75, 3.05) is 0 Å². The highest BCUT2D eigenvalue weighted by molar-refractivity contribution is 7.54. The summed E-state index contributed by atoms with van der Waals surface area (Å²) in [5.41, 5.74) is -2.79. The lowest BCUT2D eigenvalue weighted by Gasteiger charge is -2.31. The molecule has 4 N–H and O–H groups in total. The summed E-state index contributed by atoms with van der Waals surface area (Å²) in [5, 5.41) is 28.5. The number of aliphatic hydroxyl groups excluding tert-OH is 2. The van der Waals surface area contributed by atoms with Gasteiger partial charge in [-0.2, -0.15) is 0 Å².